The maximum atomic E-state index is 13.2. The van der Waals surface area contributed by atoms with Gasteiger partial charge in [0.05, 0.1) is 24.0 Å². The number of likely N-dealkylation sites (tertiary alicyclic amines) is 1. The molecule has 3 aromatic carbocycles. The van der Waals surface area contributed by atoms with Crippen LogP contribution in [0.5, 0.6) is 5.75 Å². The molecule has 1 aliphatic heterocycles. The number of benzene rings is 3. The molecule has 204 valence electrons. The number of amides is 1. The number of hydrogen-bond donors (Lipinski definition) is 1. The van der Waals surface area contributed by atoms with Crippen LogP contribution in [0.25, 0.3) is 0 Å². The van der Waals surface area contributed by atoms with Crippen LogP contribution in [0, 0.1) is 6.92 Å². The first kappa shape index (κ1) is 29.4. The van der Waals surface area contributed by atoms with Crippen molar-refractivity contribution in [2.75, 3.05) is 26.7 Å². The summed E-state index contributed by atoms with van der Waals surface area (Å²) in [5.41, 5.74) is 3.25. The molecule has 0 bridgehead atoms. The first-order valence-corrected chi connectivity index (χ1v) is 14.4. The molecular weight excluding hydrogens is 500 g/mol. The highest BCUT2D eigenvalue weighted by Gasteiger charge is 2.50. The Morgan fingerprint density at radius 2 is 1.47 bits per heavy atom. The topological polar surface area (TPSA) is 87.2 Å². The largest absolute Gasteiger partial charge is 0.497 e. The molecule has 1 saturated heterocycles. The highest BCUT2D eigenvalue weighted by molar-refractivity contribution is 7.85. The lowest BCUT2D eigenvalue weighted by atomic mass is 9.77. The molecule has 1 fully saturated rings. The van der Waals surface area contributed by atoms with Gasteiger partial charge in [-0.3, -0.25) is 9.35 Å². The van der Waals surface area contributed by atoms with E-state index in [0.29, 0.717) is 12.1 Å². The summed E-state index contributed by atoms with van der Waals surface area (Å²) in [6.07, 6.45) is 0. The van der Waals surface area contributed by atoms with Crippen LogP contribution in [0.15, 0.2) is 77.7 Å². The number of β-lactam (4-membered cyclic amide) rings is 1. The number of carbonyl (C=O) groups excluding carboxylic acids is 1. The SMILES string of the molecule is CCN(CC)CC.COc1ccc(CN2C(=O)[C@H](c3ccccc3S(=O)(=O)O)[C@H]2c2ccc(C)cc2)cc1. The molecule has 3 aromatic rings. The zero-order valence-corrected chi connectivity index (χ0v) is 23.6. The van der Waals surface area contributed by atoms with Crippen LogP contribution in [-0.2, 0) is 21.5 Å². The molecule has 8 heteroatoms. The van der Waals surface area contributed by atoms with E-state index in [4.69, 9.17) is 4.74 Å². The van der Waals surface area contributed by atoms with Crippen molar-refractivity contribution < 1.29 is 22.5 Å². The predicted molar refractivity (Wildman–Crippen MR) is 150 cm³/mol. The minimum atomic E-state index is -4.46. The summed E-state index contributed by atoms with van der Waals surface area (Å²) >= 11 is 0. The molecule has 0 radical (unpaired) electrons. The number of carbonyl (C=O) groups is 1. The molecule has 1 heterocycles. The molecule has 7 nitrogen and oxygen atoms in total. The van der Waals surface area contributed by atoms with Crippen LogP contribution in [0.3, 0.4) is 0 Å². The van der Waals surface area contributed by atoms with Crippen molar-refractivity contribution >= 4 is 16.0 Å². The van der Waals surface area contributed by atoms with Crippen molar-refractivity contribution in [1.82, 2.24) is 9.80 Å². The van der Waals surface area contributed by atoms with Crippen LogP contribution in [0.4, 0.5) is 0 Å². The fraction of sp³-hybridized carbons (Fsp3) is 0.367. The second kappa shape index (κ2) is 13.0. The second-order valence-corrected chi connectivity index (χ2v) is 10.7. The molecule has 1 aliphatic rings. The standard InChI is InChI=1S/C24H23NO5S.C6H15N/c1-16-7-11-18(12-8-16)23-22(20-5-3-4-6-21(20)31(27,28)29)24(26)25(23)15-17-9-13-19(30-2)14-10-17;1-4-7(5-2)6-3/h3-14,22-23H,15H2,1-2H3,(H,27,28,29);4-6H2,1-3H3/t22-,23-;/m1./s1. The quantitative estimate of drug-likeness (QED) is 0.287. The van der Waals surface area contributed by atoms with E-state index >= 15 is 0 Å². The van der Waals surface area contributed by atoms with Gasteiger partial charge in [0, 0.05) is 6.54 Å². The minimum absolute atomic E-state index is 0.183. The van der Waals surface area contributed by atoms with Gasteiger partial charge in [0.25, 0.3) is 10.1 Å². The van der Waals surface area contributed by atoms with E-state index in [9.17, 15) is 17.8 Å². The number of methoxy groups -OCH3 is 1. The average molecular weight is 539 g/mol. The van der Waals surface area contributed by atoms with E-state index in [1.807, 2.05) is 55.5 Å². The summed E-state index contributed by atoms with van der Waals surface area (Å²) in [6, 6.07) is 21.1. The van der Waals surface area contributed by atoms with Crippen LogP contribution >= 0.6 is 0 Å². The Kier molecular flexibility index (Phi) is 10.1. The molecule has 0 spiro atoms. The van der Waals surface area contributed by atoms with Gasteiger partial charge in [-0.05, 0) is 61.4 Å². The average Bonchev–Trinajstić information content (AvgIpc) is 2.92. The highest BCUT2D eigenvalue weighted by atomic mass is 32.2. The summed E-state index contributed by atoms with van der Waals surface area (Å²) in [6.45, 7) is 12.5. The van der Waals surface area contributed by atoms with Gasteiger partial charge in [0.2, 0.25) is 5.91 Å². The van der Waals surface area contributed by atoms with Gasteiger partial charge in [-0.15, -0.1) is 0 Å². The Morgan fingerprint density at radius 1 is 0.895 bits per heavy atom. The van der Waals surface area contributed by atoms with Crippen molar-refractivity contribution in [1.29, 1.82) is 0 Å². The fourth-order valence-corrected chi connectivity index (χ4v) is 5.48. The summed E-state index contributed by atoms with van der Waals surface area (Å²) in [4.78, 5) is 17.1. The summed E-state index contributed by atoms with van der Waals surface area (Å²) in [7, 11) is -2.86. The fourth-order valence-electron chi connectivity index (χ4n) is 4.73. The number of hydrogen-bond acceptors (Lipinski definition) is 5. The smallest absolute Gasteiger partial charge is 0.294 e. The lowest BCUT2D eigenvalue weighted by molar-refractivity contribution is -0.151. The molecule has 2 atom stereocenters. The Morgan fingerprint density at radius 3 is 1.97 bits per heavy atom. The van der Waals surface area contributed by atoms with Crippen molar-refractivity contribution in [3.8, 4) is 5.75 Å². The zero-order chi connectivity index (χ0) is 27.9. The van der Waals surface area contributed by atoms with Gasteiger partial charge < -0.3 is 14.5 Å². The maximum Gasteiger partial charge on any atom is 0.294 e. The molecule has 0 aliphatic carbocycles. The molecule has 0 saturated carbocycles. The van der Waals surface area contributed by atoms with Crippen molar-refractivity contribution in [3.63, 3.8) is 0 Å². The van der Waals surface area contributed by atoms with Crippen LogP contribution in [-0.4, -0.2) is 55.4 Å². The number of aryl methyl sites for hydroxylation is 1. The van der Waals surface area contributed by atoms with Gasteiger partial charge >= 0.3 is 0 Å². The van der Waals surface area contributed by atoms with Crippen LogP contribution in [0.1, 0.15) is 55.0 Å². The Balaban J connectivity index is 0.000000505. The lowest BCUT2D eigenvalue weighted by Gasteiger charge is -2.48. The van der Waals surface area contributed by atoms with E-state index in [1.165, 1.54) is 31.8 Å². The van der Waals surface area contributed by atoms with Crippen LogP contribution in [0.2, 0.25) is 0 Å². The molecule has 1 amide bonds. The number of rotatable bonds is 9. The Labute approximate surface area is 226 Å². The summed E-state index contributed by atoms with van der Waals surface area (Å²) in [5.74, 6) is -0.148. The molecule has 4 rings (SSSR count). The number of nitrogens with zero attached hydrogens (tertiary/aromatic N) is 2. The zero-order valence-electron chi connectivity index (χ0n) is 22.8. The van der Waals surface area contributed by atoms with E-state index < -0.39 is 16.0 Å². The highest BCUT2D eigenvalue weighted by Crippen LogP contribution is 2.48. The van der Waals surface area contributed by atoms with E-state index in [0.717, 1.165) is 22.4 Å². The van der Waals surface area contributed by atoms with Crippen molar-refractivity contribution in [3.05, 3.63) is 95.1 Å². The molecule has 0 unspecified atom stereocenters. The second-order valence-electron chi connectivity index (χ2n) is 9.28. The van der Waals surface area contributed by atoms with Crippen LogP contribution < -0.4 is 4.74 Å². The normalized spacial score (nSPS) is 17.0. The van der Waals surface area contributed by atoms with E-state index in [1.54, 1.807) is 24.1 Å². The minimum Gasteiger partial charge on any atom is -0.497 e. The Bertz CT molecular complexity index is 1300. The van der Waals surface area contributed by atoms with Gasteiger partial charge in [-0.2, -0.15) is 8.42 Å². The Hall–Kier alpha value is -3.20. The molecule has 38 heavy (non-hydrogen) atoms. The van der Waals surface area contributed by atoms with Crippen molar-refractivity contribution in [2.45, 2.75) is 51.1 Å². The first-order chi connectivity index (χ1) is 18.1. The van der Waals surface area contributed by atoms with Gasteiger partial charge in [0.1, 0.15) is 5.75 Å². The van der Waals surface area contributed by atoms with Gasteiger partial charge in [0.15, 0.2) is 0 Å². The molecule has 1 N–H and O–H groups in total. The lowest BCUT2D eigenvalue weighted by Crippen LogP contribution is -2.53. The summed E-state index contributed by atoms with van der Waals surface area (Å²) in [5, 5.41) is 0. The maximum absolute atomic E-state index is 13.2. The first-order valence-electron chi connectivity index (χ1n) is 12.9. The van der Waals surface area contributed by atoms with E-state index in [-0.39, 0.29) is 16.8 Å². The predicted octanol–water partition coefficient (Wildman–Crippen LogP) is 5.47. The third-order valence-electron chi connectivity index (χ3n) is 7.01. The van der Waals surface area contributed by atoms with Crippen molar-refractivity contribution in [2.24, 2.45) is 0 Å². The van der Waals surface area contributed by atoms with Gasteiger partial charge in [-0.1, -0.05) is 80.9 Å². The van der Waals surface area contributed by atoms with Gasteiger partial charge in [-0.25, -0.2) is 0 Å². The third kappa shape index (κ3) is 6.81. The third-order valence-corrected chi connectivity index (χ3v) is 7.93. The molecule has 0 aromatic heterocycles. The monoisotopic (exact) mass is 538 g/mol. The molecular formula is C30H38N2O5S. The van der Waals surface area contributed by atoms with E-state index in [2.05, 4.69) is 25.7 Å². The summed E-state index contributed by atoms with van der Waals surface area (Å²) < 4.78 is 38.8. The number of ether oxygens (including phenoxy) is 1.